The molecule has 0 bridgehead atoms. The molecule has 0 aliphatic heterocycles. The Labute approximate surface area is 122 Å². The maximum Gasteiger partial charge on any atom is 0.260 e. The van der Waals surface area contributed by atoms with E-state index in [0.717, 1.165) is 10.0 Å². The second-order valence-electron chi connectivity index (χ2n) is 4.76. The average Bonchev–Trinajstić information content (AvgIpc) is 2.35. The lowest BCUT2D eigenvalue weighted by atomic mass is 10.1. The number of hydrogen-bond acceptors (Lipinski definition) is 3. The summed E-state index contributed by atoms with van der Waals surface area (Å²) in [7, 11) is 1.75. The molecule has 1 aromatic rings. The summed E-state index contributed by atoms with van der Waals surface area (Å²) in [5.74, 6) is 0.498. The second kappa shape index (κ2) is 6.91. The maximum atomic E-state index is 11.9. The first kappa shape index (κ1) is 16.0. The summed E-state index contributed by atoms with van der Waals surface area (Å²) in [4.78, 5) is 13.5. The smallest absolute Gasteiger partial charge is 0.260 e. The molecule has 5 heteroatoms. The molecule has 1 rings (SSSR count). The first-order valence-electron chi connectivity index (χ1n) is 6.15. The predicted octanol–water partition coefficient (Wildman–Crippen LogP) is 2.50. The Morgan fingerprint density at radius 1 is 1.47 bits per heavy atom. The monoisotopic (exact) mass is 329 g/mol. The van der Waals surface area contributed by atoms with E-state index in [-0.39, 0.29) is 25.2 Å². The number of ether oxygens (including phenoxy) is 1. The minimum atomic E-state index is -0.121. The molecule has 1 aromatic carbocycles. The van der Waals surface area contributed by atoms with Gasteiger partial charge in [-0.1, -0.05) is 15.9 Å². The van der Waals surface area contributed by atoms with Gasteiger partial charge in [-0.2, -0.15) is 0 Å². The predicted molar refractivity (Wildman–Crippen MR) is 78.2 cm³/mol. The normalized spacial score (nSPS) is 10.7. The van der Waals surface area contributed by atoms with E-state index in [9.17, 15) is 9.90 Å². The standard InChI is InChI=1S/C14H20BrNO3/c1-9(2)16(4)13(18)8-19-14-10(3)5-12(15)6-11(14)7-17/h5-6,9,17H,7-8H2,1-4H3. The van der Waals surface area contributed by atoms with E-state index in [4.69, 9.17) is 4.74 Å². The van der Waals surface area contributed by atoms with Crippen LogP contribution in [0.3, 0.4) is 0 Å². The van der Waals surface area contributed by atoms with Crippen LogP contribution in [0.4, 0.5) is 0 Å². The zero-order chi connectivity index (χ0) is 14.6. The highest BCUT2D eigenvalue weighted by Crippen LogP contribution is 2.28. The summed E-state index contributed by atoms with van der Waals surface area (Å²) >= 11 is 3.37. The highest BCUT2D eigenvalue weighted by atomic mass is 79.9. The second-order valence-corrected chi connectivity index (χ2v) is 5.67. The summed E-state index contributed by atoms with van der Waals surface area (Å²) in [5, 5.41) is 9.33. The lowest BCUT2D eigenvalue weighted by Crippen LogP contribution is -2.36. The van der Waals surface area contributed by atoms with Crippen molar-refractivity contribution >= 4 is 21.8 Å². The van der Waals surface area contributed by atoms with Gasteiger partial charge in [-0.3, -0.25) is 4.79 Å². The maximum absolute atomic E-state index is 11.9. The van der Waals surface area contributed by atoms with Gasteiger partial charge in [0, 0.05) is 23.1 Å². The third kappa shape index (κ3) is 4.21. The molecule has 0 atom stereocenters. The third-order valence-corrected chi connectivity index (χ3v) is 3.45. The Morgan fingerprint density at radius 2 is 2.11 bits per heavy atom. The minimum Gasteiger partial charge on any atom is -0.483 e. The molecule has 4 nitrogen and oxygen atoms in total. The molecule has 1 N–H and O–H groups in total. The van der Waals surface area contributed by atoms with Crippen LogP contribution >= 0.6 is 15.9 Å². The molecule has 0 radical (unpaired) electrons. The van der Waals surface area contributed by atoms with Crippen LogP contribution in [0.2, 0.25) is 0 Å². The van der Waals surface area contributed by atoms with Gasteiger partial charge in [0.05, 0.1) is 6.61 Å². The average molecular weight is 330 g/mol. The van der Waals surface area contributed by atoms with Crippen LogP contribution in [-0.4, -0.2) is 35.6 Å². The van der Waals surface area contributed by atoms with Crippen molar-refractivity contribution in [2.24, 2.45) is 0 Å². The molecule has 106 valence electrons. The topological polar surface area (TPSA) is 49.8 Å². The number of aliphatic hydroxyl groups is 1. The zero-order valence-electron chi connectivity index (χ0n) is 11.7. The molecule has 19 heavy (non-hydrogen) atoms. The molecule has 0 saturated carbocycles. The van der Waals surface area contributed by atoms with Crippen molar-refractivity contribution in [3.8, 4) is 5.75 Å². The van der Waals surface area contributed by atoms with E-state index >= 15 is 0 Å². The minimum absolute atomic E-state index is 0.0237. The Kier molecular flexibility index (Phi) is 5.82. The van der Waals surface area contributed by atoms with E-state index in [0.29, 0.717) is 11.3 Å². The lowest BCUT2D eigenvalue weighted by Gasteiger charge is -2.22. The fraction of sp³-hybridized carbons (Fsp3) is 0.500. The highest BCUT2D eigenvalue weighted by Gasteiger charge is 2.15. The number of halogens is 1. The van der Waals surface area contributed by atoms with Gasteiger partial charge in [-0.25, -0.2) is 0 Å². The summed E-state index contributed by atoms with van der Waals surface area (Å²) in [6.07, 6.45) is 0. The van der Waals surface area contributed by atoms with Gasteiger partial charge in [0.25, 0.3) is 5.91 Å². The number of benzene rings is 1. The van der Waals surface area contributed by atoms with E-state index in [1.54, 1.807) is 18.0 Å². The first-order chi connectivity index (χ1) is 8.86. The van der Waals surface area contributed by atoms with Crippen molar-refractivity contribution in [1.82, 2.24) is 4.90 Å². The molecule has 0 unspecified atom stereocenters. The van der Waals surface area contributed by atoms with Crippen molar-refractivity contribution in [3.63, 3.8) is 0 Å². The van der Waals surface area contributed by atoms with Crippen molar-refractivity contribution in [2.75, 3.05) is 13.7 Å². The van der Waals surface area contributed by atoms with E-state index in [1.807, 2.05) is 26.8 Å². The number of aryl methyl sites for hydroxylation is 1. The van der Waals surface area contributed by atoms with Crippen LogP contribution in [0.1, 0.15) is 25.0 Å². The van der Waals surface area contributed by atoms with E-state index in [2.05, 4.69) is 15.9 Å². The number of rotatable bonds is 5. The fourth-order valence-electron chi connectivity index (χ4n) is 1.65. The molecule has 0 aromatic heterocycles. The number of aliphatic hydroxyl groups excluding tert-OH is 1. The molecular weight excluding hydrogens is 310 g/mol. The summed E-state index contributed by atoms with van der Waals surface area (Å²) in [6, 6.07) is 3.82. The van der Waals surface area contributed by atoms with Crippen molar-refractivity contribution in [2.45, 2.75) is 33.4 Å². The van der Waals surface area contributed by atoms with E-state index in [1.165, 1.54) is 0 Å². The van der Waals surface area contributed by atoms with Crippen LogP contribution in [0.5, 0.6) is 5.75 Å². The van der Waals surface area contributed by atoms with Crippen LogP contribution in [0.15, 0.2) is 16.6 Å². The summed E-state index contributed by atoms with van der Waals surface area (Å²) < 4.78 is 6.46. The molecule has 0 saturated heterocycles. The Morgan fingerprint density at radius 3 is 2.63 bits per heavy atom. The van der Waals surface area contributed by atoms with Gasteiger partial charge in [-0.05, 0) is 38.5 Å². The largest absolute Gasteiger partial charge is 0.483 e. The molecule has 0 aliphatic rings. The third-order valence-electron chi connectivity index (χ3n) is 2.99. The van der Waals surface area contributed by atoms with Crippen LogP contribution in [-0.2, 0) is 11.4 Å². The molecular formula is C14H20BrNO3. The molecule has 0 aliphatic carbocycles. The highest BCUT2D eigenvalue weighted by molar-refractivity contribution is 9.10. The number of likely N-dealkylation sites (N-methyl/N-ethyl adjacent to an activating group) is 1. The van der Waals surface area contributed by atoms with Gasteiger partial charge < -0.3 is 14.7 Å². The van der Waals surface area contributed by atoms with Gasteiger partial charge in [0.1, 0.15) is 5.75 Å². The lowest BCUT2D eigenvalue weighted by molar-refractivity contribution is -0.133. The number of carbonyl (C=O) groups is 1. The van der Waals surface area contributed by atoms with Gasteiger partial charge in [0.15, 0.2) is 6.61 Å². The summed E-state index contributed by atoms with van der Waals surface area (Å²) in [6.45, 7) is 5.63. The molecule has 0 heterocycles. The summed E-state index contributed by atoms with van der Waals surface area (Å²) in [5.41, 5.74) is 1.56. The fourth-order valence-corrected chi connectivity index (χ4v) is 2.27. The number of amides is 1. The number of carbonyl (C=O) groups excluding carboxylic acids is 1. The van der Waals surface area contributed by atoms with E-state index < -0.39 is 0 Å². The van der Waals surface area contributed by atoms with Gasteiger partial charge in [-0.15, -0.1) is 0 Å². The first-order valence-corrected chi connectivity index (χ1v) is 6.94. The van der Waals surface area contributed by atoms with Crippen LogP contribution < -0.4 is 4.74 Å². The van der Waals surface area contributed by atoms with Crippen molar-refractivity contribution < 1.29 is 14.6 Å². The van der Waals surface area contributed by atoms with Gasteiger partial charge in [0.2, 0.25) is 0 Å². The quantitative estimate of drug-likeness (QED) is 0.902. The van der Waals surface area contributed by atoms with Crippen molar-refractivity contribution in [3.05, 3.63) is 27.7 Å². The number of hydrogen-bond donors (Lipinski definition) is 1. The Balaban J connectivity index is 2.81. The molecule has 0 spiro atoms. The Hall–Kier alpha value is -1.07. The number of nitrogens with zero attached hydrogens (tertiary/aromatic N) is 1. The molecule has 0 fully saturated rings. The van der Waals surface area contributed by atoms with Crippen LogP contribution in [0.25, 0.3) is 0 Å². The Bertz CT molecular complexity index is 460. The SMILES string of the molecule is Cc1cc(Br)cc(CO)c1OCC(=O)N(C)C(C)C. The van der Waals surface area contributed by atoms with Gasteiger partial charge >= 0.3 is 0 Å². The zero-order valence-corrected chi connectivity index (χ0v) is 13.3. The van der Waals surface area contributed by atoms with Crippen LogP contribution in [0, 0.1) is 6.92 Å². The molecule has 1 amide bonds. The van der Waals surface area contributed by atoms with Crippen molar-refractivity contribution in [1.29, 1.82) is 0 Å².